The van der Waals surface area contributed by atoms with E-state index in [4.69, 9.17) is 4.74 Å². The molecule has 0 unspecified atom stereocenters. The molecule has 0 N–H and O–H groups in total. The summed E-state index contributed by atoms with van der Waals surface area (Å²) < 4.78 is 5.74. The van der Waals surface area contributed by atoms with Gasteiger partial charge in [-0.25, -0.2) is 0 Å². The lowest BCUT2D eigenvalue weighted by molar-refractivity contribution is -0.133. The third-order valence-corrected chi connectivity index (χ3v) is 3.53. The fourth-order valence-electron chi connectivity index (χ4n) is 2.55. The van der Waals surface area contributed by atoms with Crippen molar-refractivity contribution in [2.24, 2.45) is 5.92 Å². The van der Waals surface area contributed by atoms with Crippen LogP contribution >= 0.6 is 0 Å². The van der Waals surface area contributed by atoms with Crippen LogP contribution in [0.5, 0.6) is 5.75 Å². The Morgan fingerprint density at radius 3 is 2.40 bits per heavy atom. The van der Waals surface area contributed by atoms with Crippen LogP contribution in [0.25, 0.3) is 0 Å². The van der Waals surface area contributed by atoms with Crippen LogP contribution in [-0.4, -0.2) is 31.0 Å². The van der Waals surface area contributed by atoms with Gasteiger partial charge in [-0.2, -0.15) is 0 Å². The smallest absolute Gasteiger partial charge is 0.225 e. The molecular weight excluding hydrogens is 250 g/mol. The second kappa shape index (κ2) is 7.32. The molecule has 1 aromatic rings. The van der Waals surface area contributed by atoms with E-state index < -0.39 is 0 Å². The van der Waals surface area contributed by atoms with Crippen molar-refractivity contribution in [3.05, 3.63) is 29.8 Å². The molecule has 0 heterocycles. The highest BCUT2D eigenvalue weighted by molar-refractivity contribution is 5.79. The molecule has 0 aromatic heterocycles. The molecule has 2 atom stereocenters. The molecule has 1 amide bonds. The van der Waals surface area contributed by atoms with E-state index in [0.717, 1.165) is 12.2 Å². The minimum Gasteiger partial charge on any atom is -0.491 e. The monoisotopic (exact) mass is 277 g/mol. The Balaban J connectivity index is 2.97. The van der Waals surface area contributed by atoms with E-state index in [9.17, 15) is 4.79 Å². The van der Waals surface area contributed by atoms with Gasteiger partial charge < -0.3 is 9.64 Å². The predicted octanol–water partition coefficient (Wildman–Crippen LogP) is 3.69. The molecule has 0 aliphatic carbocycles. The number of benzene rings is 1. The number of amides is 1. The number of hydrogen-bond donors (Lipinski definition) is 0. The number of nitrogens with zero attached hydrogens (tertiary/aromatic N) is 1. The van der Waals surface area contributed by atoms with Gasteiger partial charge in [-0.15, -0.1) is 0 Å². The SMILES string of the molecule is CC[C@@H](c1cccc(OC(C)C)c1)[C@@H](C)C(=O)N(C)C. The van der Waals surface area contributed by atoms with Crippen molar-refractivity contribution in [2.45, 2.75) is 46.1 Å². The van der Waals surface area contributed by atoms with Gasteiger partial charge in [-0.1, -0.05) is 26.0 Å². The molecule has 0 aliphatic heterocycles. The first-order chi connectivity index (χ1) is 9.36. The molecular formula is C17H27NO2. The van der Waals surface area contributed by atoms with Crippen molar-refractivity contribution in [1.29, 1.82) is 0 Å². The van der Waals surface area contributed by atoms with E-state index in [1.165, 1.54) is 5.56 Å². The number of carbonyl (C=O) groups excluding carboxylic acids is 1. The first-order valence-electron chi connectivity index (χ1n) is 7.34. The van der Waals surface area contributed by atoms with Crippen LogP contribution in [0, 0.1) is 5.92 Å². The molecule has 1 rings (SSSR count). The Kier molecular flexibility index (Phi) is 6.05. The van der Waals surface area contributed by atoms with Crippen LogP contribution in [0.2, 0.25) is 0 Å². The van der Waals surface area contributed by atoms with E-state index in [2.05, 4.69) is 19.1 Å². The number of carbonyl (C=O) groups is 1. The highest BCUT2D eigenvalue weighted by Gasteiger charge is 2.25. The van der Waals surface area contributed by atoms with Gasteiger partial charge in [0.1, 0.15) is 5.75 Å². The minimum absolute atomic E-state index is 0.0238. The molecule has 0 spiro atoms. The molecule has 3 nitrogen and oxygen atoms in total. The fraction of sp³-hybridized carbons (Fsp3) is 0.588. The first kappa shape index (κ1) is 16.5. The summed E-state index contributed by atoms with van der Waals surface area (Å²) in [5.41, 5.74) is 1.17. The quantitative estimate of drug-likeness (QED) is 0.793. The summed E-state index contributed by atoms with van der Waals surface area (Å²) in [5, 5.41) is 0. The van der Waals surface area contributed by atoms with Crippen molar-refractivity contribution in [3.8, 4) is 5.75 Å². The molecule has 0 saturated heterocycles. The van der Waals surface area contributed by atoms with Crippen molar-refractivity contribution in [1.82, 2.24) is 4.90 Å². The highest BCUT2D eigenvalue weighted by atomic mass is 16.5. The van der Waals surface area contributed by atoms with E-state index in [1.807, 2.05) is 47.0 Å². The van der Waals surface area contributed by atoms with Crippen molar-refractivity contribution in [3.63, 3.8) is 0 Å². The number of rotatable bonds is 6. The Morgan fingerprint density at radius 1 is 1.25 bits per heavy atom. The third-order valence-electron chi connectivity index (χ3n) is 3.53. The Morgan fingerprint density at radius 2 is 1.90 bits per heavy atom. The Labute approximate surface area is 122 Å². The normalized spacial score (nSPS) is 13.9. The molecule has 112 valence electrons. The lowest BCUT2D eigenvalue weighted by atomic mass is 9.84. The van der Waals surface area contributed by atoms with Gasteiger partial charge in [0.2, 0.25) is 5.91 Å². The molecule has 0 fully saturated rings. The Hall–Kier alpha value is -1.51. The molecule has 0 saturated carbocycles. The Bertz CT molecular complexity index is 440. The highest BCUT2D eigenvalue weighted by Crippen LogP contribution is 2.31. The van der Waals surface area contributed by atoms with Crippen LogP contribution in [0.3, 0.4) is 0 Å². The van der Waals surface area contributed by atoms with E-state index in [-0.39, 0.29) is 23.8 Å². The molecule has 1 aromatic carbocycles. The van der Waals surface area contributed by atoms with Gasteiger partial charge >= 0.3 is 0 Å². The average molecular weight is 277 g/mol. The summed E-state index contributed by atoms with van der Waals surface area (Å²) in [6, 6.07) is 8.12. The summed E-state index contributed by atoms with van der Waals surface area (Å²) in [4.78, 5) is 13.8. The summed E-state index contributed by atoms with van der Waals surface area (Å²) in [5.74, 6) is 1.25. The lowest BCUT2D eigenvalue weighted by Gasteiger charge is -2.25. The summed E-state index contributed by atoms with van der Waals surface area (Å²) >= 11 is 0. The van der Waals surface area contributed by atoms with Gasteiger partial charge in [0.25, 0.3) is 0 Å². The molecule has 3 heteroatoms. The maximum Gasteiger partial charge on any atom is 0.225 e. The van der Waals surface area contributed by atoms with E-state index in [0.29, 0.717) is 0 Å². The third kappa shape index (κ3) is 4.26. The topological polar surface area (TPSA) is 29.5 Å². The summed E-state index contributed by atoms with van der Waals surface area (Å²) in [6.07, 6.45) is 1.09. The largest absolute Gasteiger partial charge is 0.491 e. The van der Waals surface area contributed by atoms with Gasteiger partial charge in [-0.05, 0) is 43.9 Å². The fourth-order valence-corrected chi connectivity index (χ4v) is 2.55. The van der Waals surface area contributed by atoms with Crippen molar-refractivity contribution < 1.29 is 9.53 Å². The van der Waals surface area contributed by atoms with Crippen LogP contribution < -0.4 is 4.74 Å². The van der Waals surface area contributed by atoms with Gasteiger partial charge in [0, 0.05) is 20.0 Å². The summed E-state index contributed by atoms with van der Waals surface area (Å²) in [6.45, 7) is 8.16. The summed E-state index contributed by atoms with van der Waals surface area (Å²) in [7, 11) is 3.62. The molecule has 20 heavy (non-hydrogen) atoms. The molecule has 0 bridgehead atoms. The second-order valence-corrected chi connectivity index (χ2v) is 5.78. The first-order valence-corrected chi connectivity index (χ1v) is 7.34. The van der Waals surface area contributed by atoms with Crippen LogP contribution in [0.15, 0.2) is 24.3 Å². The zero-order valence-corrected chi connectivity index (χ0v) is 13.5. The second-order valence-electron chi connectivity index (χ2n) is 5.78. The van der Waals surface area contributed by atoms with Crippen LogP contribution in [0.4, 0.5) is 0 Å². The van der Waals surface area contributed by atoms with Gasteiger partial charge in [0.15, 0.2) is 0 Å². The van der Waals surface area contributed by atoms with Crippen molar-refractivity contribution in [2.75, 3.05) is 14.1 Å². The van der Waals surface area contributed by atoms with E-state index >= 15 is 0 Å². The zero-order chi connectivity index (χ0) is 15.3. The van der Waals surface area contributed by atoms with Crippen molar-refractivity contribution >= 4 is 5.91 Å². The van der Waals surface area contributed by atoms with Crippen LogP contribution in [0.1, 0.15) is 45.6 Å². The molecule has 0 radical (unpaired) electrons. The van der Waals surface area contributed by atoms with Crippen LogP contribution in [-0.2, 0) is 4.79 Å². The maximum atomic E-state index is 12.2. The van der Waals surface area contributed by atoms with Gasteiger partial charge in [0.05, 0.1) is 6.10 Å². The average Bonchev–Trinajstić information content (AvgIpc) is 2.38. The number of ether oxygens (including phenoxy) is 1. The maximum absolute atomic E-state index is 12.2. The molecule has 0 aliphatic rings. The van der Waals surface area contributed by atoms with Gasteiger partial charge in [-0.3, -0.25) is 4.79 Å². The number of hydrogen-bond acceptors (Lipinski definition) is 2. The minimum atomic E-state index is -0.0238. The van der Waals surface area contributed by atoms with E-state index in [1.54, 1.807) is 4.90 Å². The zero-order valence-electron chi connectivity index (χ0n) is 13.5. The lowest BCUT2D eigenvalue weighted by Crippen LogP contribution is -2.31. The predicted molar refractivity (Wildman–Crippen MR) is 83.1 cm³/mol. The standard InChI is InChI=1S/C17H27NO2/c1-7-16(13(4)17(19)18(5)6)14-9-8-10-15(11-14)20-12(2)3/h8-13,16H,7H2,1-6H3/t13-,16-/m1/s1.